The van der Waals surface area contributed by atoms with E-state index in [9.17, 15) is 9.59 Å². The molecule has 2 atom stereocenters. The van der Waals surface area contributed by atoms with Gasteiger partial charge in [0, 0.05) is 11.4 Å². The summed E-state index contributed by atoms with van der Waals surface area (Å²) in [6.45, 7) is 1.85. The number of ether oxygens (including phenoxy) is 2. The van der Waals surface area contributed by atoms with Crippen LogP contribution in [-0.4, -0.2) is 34.0 Å². The first-order valence-corrected chi connectivity index (χ1v) is 9.96. The van der Waals surface area contributed by atoms with Crippen LogP contribution < -0.4 is 10.3 Å². The second-order valence-corrected chi connectivity index (χ2v) is 8.06. The fourth-order valence-electron chi connectivity index (χ4n) is 3.19. The molecule has 0 saturated carbocycles. The molecule has 1 aliphatic rings. The fraction of sp³-hybridized carbons (Fsp3) is 0.250. The van der Waals surface area contributed by atoms with Gasteiger partial charge in [-0.25, -0.2) is 4.98 Å². The molecule has 6 nitrogen and oxygen atoms in total. The maximum absolute atomic E-state index is 13.3. The van der Waals surface area contributed by atoms with Crippen LogP contribution in [0.4, 0.5) is 0 Å². The average molecular weight is 417 g/mol. The minimum Gasteiger partial charge on any atom is -0.495 e. The quantitative estimate of drug-likeness (QED) is 0.475. The Morgan fingerprint density at radius 1 is 1.25 bits per heavy atom. The number of cyclic esters (lactones) is 1. The number of hydrogen-bond donors (Lipinski definition) is 0. The van der Waals surface area contributed by atoms with Crippen LogP contribution in [0.2, 0.25) is 5.02 Å². The van der Waals surface area contributed by atoms with Crippen LogP contribution in [0, 0.1) is 0 Å². The van der Waals surface area contributed by atoms with Crippen LogP contribution in [0.15, 0.2) is 52.4 Å². The van der Waals surface area contributed by atoms with E-state index in [0.717, 1.165) is 0 Å². The van der Waals surface area contributed by atoms with E-state index in [1.165, 1.54) is 16.3 Å². The summed E-state index contributed by atoms with van der Waals surface area (Å²) in [5.74, 6) is 0.230. The normalized spacial score (nSPS) is 19.0. The zero-order valence-electron chi connectivity index (χ0n) is 15.2. The number of fused-ring (bicyclic) bond motifs is 1. The second-order valence-electron chi connectivity index (χ2n) is 6.46. The summed E-state index contributed by atoms with van der Waals surface area (Å²) in [5.41, 5.74) is 0.778. The lowest BCUT2D eigenvalue weighted by molar-refractivity contribution is -0.140. The van der Waals surface area contributed by atoms with Crippen molar-refractivity contribution >= 4 is 40.2 Å². The molecule has 1 fully saturated rings. The van der Waals surface area contributed by atoms with Crippen molar-refractivity contribution in [1.29, 1.82) is 0 Å². The standard InChI is InChI=1S/C20H17ClN2O4S/c1-11-9-17(19(25)27-11)28-20-22-14-10-12(21)7-8-13(14)18(24)23(20)15-5-3-4-6-16(15)26-2/h3-8,10-11,17H,9H2,1-2H3. The number of thioether (sulfide) groups is 1. The molecule has 0 radical (unpaired) electrons. The van der Waals surface area contributed by atoms with Gasteiger partial charge >= 0.3 is 5.97 Å². The smallest absolute Gasteiger partial charge is 0.319 e. The molecule has 144 valence electrons. The van der Waals surface area contributed by atoms with Gasteiger partial charge in [0.05, 0.1) is 23.7 Å². The van der Waals surface area contributed by atoms with E-state index in [1.54, 1.807) is 37.4 Å². The molecular weight excluding hydrogens is 400 g/mol. The van der Waals surface area contributed by atoms with E-state index in [2.05, 4.69) is 4.98 Å². The van der Waals surface area contributed by atoms with Crippen LogP contribution in [0.3, 0.4) is 0 Å². The molecule has 0 amide bonds. The number of aromatic nitrogens is 2. The molecule has 3 aromatic rings. The van der Waals surface area contributed by atoms with E-state index in [4.69, 9.17) is 21.1 Å². The number of esters is 1. The monoisotopic (exact) mass is 416 g/mol. The third-order valence-electron chi connectivity index (χ3n) is 4.50. The number of hydrogen-bond acceptors (Lipinski definition) is 6. The Morgan fingerprint density at radius 3 is 2.75 bits per heavy atom. The molecule has 4 rings (SSSR count). The number of methoxy groups -OCH3 is 1. The van der Waals surface area contributed by atoms with Crippen molar-refractivity contribution in [3.8, 4) is 11.4 Å². The van der Waals surface area contributed by atoms with E-state index >= 15 is 0 Å². The Kier molecular flexibility index (Phi) is 5.03. The van der Waals surface area contributed by atoms with Gasteiger partial charge in [-0.1, -0.05) is 35.5 Å². The van der Waals surface area contributed by atoms with Gasteiger partial charge in [0.25, 0.3) is 5.56 Å². The lowest BCUT2D eigenvalue weighted by Gasteiger charge is -2.16. The minimum absolute atomic E-state index is 0.161. The van der Waals surface area contributed by atoms with Gasteiger partial charge < -0.3 is 9.47 Å². The molecule has 0 spiro atoms. The third kappa shape index (κ3) is 3.36. The summed E-state index contributed by atoms with van der Waals surface area (Å²) in [5, 5.41) is 0.876. The van der Waals surface area contributed by atoms with Gasteiger partial charge in [-0.15, -0.1) is 0 Å². The maximum atomic E-state index is 13.3. The molecule has 0 N–H and O–H groups in total. The summed E-state index contributed by atoms with van der Waals surface area (Å²) < 4.78 is 12.2. The minimum atomic E-state index is -0.431. The van der Waals surface area contributed by atoms with Crippen molar-refractivity contribution in [2.24, 2.45) is 0 Å². The van der Waals surface area contributed by atoms with Crippen molar-refractivity contribution in [3.05, 3.63) is 57.8 Å². The molecule has 0 bridgehead atoms. The van der Waals surface area contributed by atoms with Crippen LogP contribution in [0.25, 0.3) is 16.6 Å². The molecule has 2 heterocycles. The van der Waals surface area contributed by atoms with Crippen LogP contribution in [0.5, 0.6) is 5.75 Å². The fourth-order valence-corrected chi connectivity index (χ4v) is 4.57. The molecule has 28 heavy (non-hydrogen) atoms. The van der Waals surface area contributed by atoms with Crippen LogP contribution in [0.1, 0.15) is 13.3 Å². The second kappa shape index (κ2) is 7.48. The lowest BCUT2D eigenvalue weighted by Crippen LogP contribution is -2.24. The van der Waals surface area contributed by atoms with Crippen molar-refractivity contribution in [3.63, 3.8) is 0 Å². The predicted molar refractivity (Wildman–Crippen MR) is 109 cm³/mol. The van der Waals surface area contributed by atoms with E-state index in [1.807, 2.05) is 19.1 Å². The Labute approximate surface area is 170 Å². The average Bonchev–Trinajstić information content (AvgIpc) is 2.98. The number of halogens is 1. The molecule has 0 aliphatic carbocycles. The number of benzene rings is 2. The molecule has 2 aromatic carbocycles. The maximum Gasteiger partial charge on any atom is 0.319 e. The zero-order valence-corrected chi connectivity index (χ0v) is 16.8. The Balaban J connectivity index is 1.95. The first-order chi connectivity index (χ1) is 13.5. The Bertz CT molecular complexity index is 1130. The van der Waals surface area contributed by atoms with Crippen LogP contribution in [-0.2, 0) is 9.53 Å². The molecule has 1 aliphatic heterocycles. The summed E-state index contributed by atoms with van der Waals surface area (Å²) in [6.07, 6.45) is 0.394. The number of rotatable bonds is 4. The third-order valence-corrected chi connectivity index (χ3v) is 5.89. The molecular formula is C20H17ClN2O4S. The summed E-state index contributed by atoms with van der Waals surface area (Å²) in [6, 6.07) is 12.1. The topological polar surface area (TPSA) is 70.4 Å². The van der Waals surface area contributed by atoms with Gasteiger partial charge in [0.2, 0.25) is 0 Å². The predicted octanol–water partition coefficient (Wildman–Crippen LogP) is 3.84. The van der Waals surface area contributed by atoms with E-state index < -0.39 is 5.25 Å². The summed E-state index contributed by atoms with van der Waals surface area (Å²) in [7, 11) is 1.54. The highest BCUT2D eigenvalue weighted by molar-refractivity contribution is 8.00. The molecule has 8 heteroatoms. The van der Waals surface area contributed by atoms with Gasteiger partial charge in [0.15, 0.2) is 5.16 Å². The van der Waals surface area contributed by atoms with Crippen LogP contribution >= 0.6 is 23.4 Å². The number of carbonyl (C=O) groups excluding carboxylic acids is 1. The first kappa shape index (κ1) is 18.8. The lowest BCUT2D eigenvalue weighted by atomic mass is 10.2. The van der Waals surface area contributed by atoms with Gasteiger partial charge in [-0.2, -0.15) is 0 Å². The van der Waals surface area contributed by atoms with Crippen molar-refractivity contribution in [2.45, 2.75) is 29.9 Å². The zero-order chi connectivity index (χ0) is 19.8. The highest BCUT2D eigenvalue weighted by Gasteiger charge is 2.34. The van der Waals surface area contributed by atoms with Gasteiger partial charge in [-0.05, 0) is 37.3 Å². The van der Waals surface area contributed by atoms with E-state index in [0.29, 0.717) is 38.9 Å². The molecule has 1 saturated heterocycles. The summed E-state index contributed by atoms with van der Waals surface area (Å²) in [4.78, 5) is 30.2. The van der Waals surface area contributed by atoms with Gasteiger partial charge in [-0.3, -0.25) is 14.2 Å². The highest BCUT2D eigenvalue weighted by Crippen LogP contribution is 2.34. The number of nitrogens with zero attached hydrogens (tertiary/aromatic N) is 2. The van der Waals surface area contributed by atoms with Crippen molar-refractivity contribution in [2.75, 3.05) is 7.11 Å². The number of para-hydroxylation sites is 2. The molecule has 2 unspecified atom stereocenters. The van der Waals surface area contributed by atoms with E-state index in [-0.39, 0.29) is 17.6 Å². The molecule has 1 aromatic heterocycles. The summed E-state index contributed by atoms with van der Waals surface area (Å²) >= 11 is 7.31. The first-order valence-electron chi connectivity index (χ1n) is 8.71. The van der Waals surface area contributed by atoms with Crippen molar-refractivity contribution < 1.29 is 14.3 Å². The van der Waals surface area contributed by atoms with Gasteiger partial charge in [0.1, 0.15) is 17.1 Å². The Hall–Kier alpha value is -2.51. The SMILES string of the molecule is COc1ccccc1-n1c(SC2CC(C)OC2=O)nc2cc(Cl)ccc2c1=O. The largest absolute Gasteiger partial charge is 0.495 e. The number of carbonyl (C=O) groups is 1. The Morgan fingerprint density at radius 2 is 2.04 bits per heavy atom. The van der Waals surface area contributed by atoms with Crippen molar-refractivity contribution in [1.82, 2.24) is 9.55 Å². The highest BCUT2D eigenvalue weighted by atomic mass is 35.5.